The minimum atomic E-state index is 0.469. The van der Waals surface area contributed by atoms with Crippen LogP contribution in [-0.2, 0) is 0 Å². The van der Waals surface area contributed by atoms with Gasteiger partial charge in [0.2, 0.25) is 0 Å². The van der Waals surface area contributed by atoms with E-state index in [1.807, 2.05) is 0 Å². The highest BCUT2D eigenvalue weighted by atomic mass is 15.3. The molecule has 0 amide bonds. The molecule has 3 atom stereocenters. The van der Waals surface area contributed by atoms with Gasteiger partial charge in [-0.25, -0.2) is 0 Å². The van der Waals surface area contributed by atoms with Crippen molar-refractivity contribution in [1.29, 1.82) is 0 Å². The molecular formula is C14H28N2. The Labute approximate surface area is 101 Å². The molecule has 2 heterocycles. The van der Waals surface area contributed by atoms with Crippen molar-refractivity contribution in [2.75, 3.05) is 27.2 Å². The molecule has 2 aliphatic rings. The molecule has 3 unspecified atom stereocenters. The second kappa shape index (κ2) is 4.30. The molecule has 0 bridgehead atoms. The van der Waals surface area contributed by atoms with E-state index in [1.165, 1.54) is 32.4 Å². The second-order valence-corrected chi connectivity index (χ2v) is 7.21. The maximum absolute atomic E-state index is 2.68. The number of likely N-dealkylation sites (tertiary alicyclic amines) is 2. The number of nitrogens with zero attached hydrogens (tertiary/aromatic N) is 2. The highest BCUT2D eigenvalue weighted by Crippen LogP contribution is 2.36. The summed E-state index contributed by atoms with van der Waals surface area (Å²) in [5.74, 6) is 0.936. The van der Waals surface area contributed by atoms with Gasteiger partial charge in [-0.1, -0.05) is 20.8 Å². The maximum Gasteiger partial charge on any atom is 0.0263 e. The number of hydrogen-bond acceptors (Lipinski definition) is 2. The van der Waals surface area contributed by atoms with Crippen LogP contribution in [-0.4, -0.2) is 49.1 Å². The van der Waals surface area contributed by atoms with Crippen LogP contribution in [0.1, 0.15) is 40.0 Å². The summed E-state index contributed by atoms with van der Waals surface area (Å²) in [6.07, 6.45) is 4.19. The molecular weight excluding hydrogens is 196 g/mol. The lowest BCUT2D eigenvalue weighted by molar-refractivity contribution is 0.0660. The van der Waals surface area contributed by atoms with Crippen LogP contribution in [0.15, 0.2) is 0 Å². The first kappa shape index (κ1) is 12.4. The fourth-order valence-corrected chi connectivity index (χ4v) is 3.64. The van der Waals surface area contributed by atoms with E-state index < -0.39 is 0 Å². The van der Waals surface area contributed by atoms with Gasteiger partial charge in [-0.3, -0.25) is 4.90 Å². The van der Waals surface area contributed by atoms with Crippen LogP contribution in [0.25, 0.3) is 0 Å². The van der Waals surface area contributed by atoms with Crippen molar-refractivity contribution in [3.63, 3.8) is 0 Å². The monoisotopic (exact) mass is 224 g/mol. The van der Waals surface area contributed by atoms with E-state index in [1.54, 1.807) is 0 Å². The van der Waals surface area contributed by atoms with Crippen LogP contribution in [0.4, 0.5) is 0 Å². The Kier molecular flexibility index (Phi) is 3.33. The van der Waals surface area contributed by atoms with E-state index >= 15 is 0 Å². The number of hydrogen-bond donors (Lipinski definition) is 0. The Bertz CT molecular complexity index is 244. The van der Waals surface area contributed by atoms with Crippen molar-refractivity contribution in [1.82, 2.24) is 9.80 Å². The topological polar surface area (TPSA) is 6.48 Å². The van der Waals surface area contributed by atoms with Crippen LogP contribution in [0.2, 0.25) is 0 Å². The molecule has 0 aromatic rings. The molecule has 0 aromatic heterocycles. The molecule has 0 N–H and O–H groups in total. The largest absolute Gasteiger partial charge is 0.304 e. The molecule has 2 heteroatoms. The van der Waals surface area contributed by atoms with Gasteiger partial charge in [0.15, 0.2) is 0 Å². The third-order valence-electron chi connectivity index (χ3n) is 4.41. The average Bonchev–Trinajstić information content (AvgIpc) is 2.50. The molecule has 2 fully saturated rings. The zero-order valence-corrected chi connectivity index (χ0v) is 11.7. The fraction of sp³-hybridized carbons (Fsp3) is 1.00. The molecule has 2 aliphatic heterocycles. The molecule has 94 valence electrons. The van der Waals surface area contributed by atoms with E-state index in [9.17, 15) is 0 Å². The SMILES string of the molecule is CN1CC2CCC(CC(C)(C)C)N(C)C2C1. The molecule has 0 aliphatic carbocycles. The Morgan fingerprint density at radius 1 is 1.06 bits per heavy atom. The van der Waals surface area contributed by atoms with Gasteiger partial charge >= 0.3 is 0 Å². The van der Waals surface area contributed by atoms with Gasteiger partial charge in [-0.05, 0) is 44.7 Å². The zero-order chi connectivity index (χ0) is 11.9. The van der Waals surface area contributed by atoms with Crippen molar-refractivity contribution < 1.29 is 0 Å². The Morgan fingerprint density at radius 3 is 2.38 bits per heavy atom. The Morgan fingerprint density at radius 2 is 1.75 bits per heavy atom. The Balaban J connectivity index is 1.99. The lowest BCUT2D eigenvalue weighted by atomic mass is 9.80. The van der Waals surface area contributed by atoms with Crippen LogP contribution in [0.3, 0.4) is 0 Å². The first-order valence-electron chi connectivity index (χ1n) is 6.77. The van der Waals surface area contributed by atoms with Crippen LogP contribution >= 0.6 is 0 Å². The van der Waals surface area contributed by atoms with Crippen molar-refractivity contribution >= 4 is 0 Å². The smallest absolute Gasteiger partial charge is 0.0263 e. The zero-order valence-electron chi connectivity index (χ0n) is 11.7. The number of rotatable bonds is 1. The van der Waals surface area contributed by atoms with E-state index in [0.717, 1.165) is 18.0 Å². The van der Waals surface area contributed by atoms with Crippen LogP contribution in [0.5, 0.6) is 0 Å². The standard InChI is InChI=1S/C14H28N2/c1-14(2,3)8-12-7-6-11-9-15(4)10-13(11)16(12)5/h11-13H,6-10H2,1-5H3. The maximum atomic E-state index is 2.68. The van der Waals surface area contributed by atoms with Gasteiger partial charge in [0.25, 0.3) is 0 Å². The van der Waals surface area contributed by atoms with Gasteiger partial charge in [-0.15, -0.1) is 0 Å². The summed E-state index contributed by atoms with van der Waals surface area (Å²) in [5, 5.41) is 0. The van der Waals surface area contributed by atoms with Gasteiger partial charge in [0, 0.05) is 25.2 Å². The minimum Gasteiger partial charge on any atom is -0.304 e. The summed E-state index contributed by atoms with van der Waals surface area (Å²) < 4.78 is 0. The van der Waals surface area contributed by atoms with Crippen molar-refractivity contribution in [3.8, 4) is 0 Å². The third-order valence-corrected chi connectivity index (χ3v) is 4.41. The molecule has 0 saturated carbocycles. The molecule has 2 rings (SSSR count). The molecule has 2 nitrogen and oxygen atoms in total. The predicted octanol–water partition coefficient (Wildman–Crippen LogP) is 2.45. The minimum absolute atomic E-state index is 0.469. The lowest BCUT2D eigenvalue weighted by Crippen LogP contribution is -2.49. The summed E-state index contributed by atoms with van der Waals surface area (Å²) in [5.41, 5.74) is 0.469. The molecule has 0 spiro atoms. The molecule has 2 saturated heterocycles. The highest BCUT2D eigenvalue weighted by Gasteiger charge is 2.40. The van der Waals surface area contributed by atoms with E-state index in [2.05, 4.69) is 44.7 Å². The number of fused-ring (bicyclic) bond motifs is 1. The van der Waals surface area contributed by atoms with Gasteiger partial charge in [-0.2, -0.15) is 0 Å². The second-order valence-electron chi connectivity index (χ2n) is 7.21. The molecule has 16 heavy (non-hydrogen) atoms. The average molecular weight is 224 g/mol. The first-order chi connectivity index (χ1) is 7.37. The molecule has 0 aromatic carbocycles. The molecule has 0 radical (unpaired) electrons. The first-order valence-corrected chi connectivity index (χ1v) is 6.77. The van der Waals surface area contributed by atoms with Crippen molar-refractivity contribution in [2.45, 2.75) is 52.1 Å². The fourth-order valence-electron chi connectivity index (χ4n) is 3.64. The predicted molar refractivity (Wildman–Crippen MR) is 69.6 cm³/mol. The van der Waals surface area contributed by atoms with Crippen LogP contribution < -0.4 is 0 Å². The van der Waals surface area contributed by atoms with E-state index in [-0.39, 0.29) is 0 Å². The summed E-state index contributed by atoms with van der Waals surface area (Å²) in [6, 6.07) is 1.64. The normalized spacial score (nSPS) is 37.7. The van der Waals surface area contributed by atoms with Crippen LogP contribution in [0, 0.1) is 11.3 Å². The quantitative estimate of drug-likeness (QED) is 0.675. The summed E-state index contributed by atoms with van der Waals surface area (Å²) in [4.78, 5) is 5.19. The lowest BCUT2D eigenvalue weighted by Gasteiger charge is -2.43. The van der Waals surface area contributed by atoms with Gasteiger partial charge in [0.1, 0.15) is 0 Å². The van der Waals surface area contributed by atoms with E-state index in [0.29, 0.717) is 5.41 Å². The van der Waals surface area contributed by atoms with Crippen molar-refractivity contribution in [2.24, 2.45) is 11.3 Å². The van der Waals surface area contributed by atoms with Gasteiger partial charge in [0.05, 0.1) is 0 Å². The third kappa shape index (κ3) is 2.60. The van der Waals surface area contributed by atoms with Gasteiger partial charge < -0.3 is 4.90 Å². The van der Waals surface area contributed by atoms with E-state index in [4.69, 9.17) is 0 Å². The summed E-state index contributed by atoms with van der Waals surface area (Å²) in [6.45, 7) is 9.70. The Hall–Kier alpha value is -0.0800. The highest BCUT2D eigenvalue weighted by molar-refractivity contribution is 4.96. The van der Waals surface area contributed by atoms with Crippen molar-refractivity contribution in [3.05, 3.63) is 0 Å². The summed E-state index contributed by atoms with van der Waals surface area (Å²) >= 11 is 0. The number of likely N-dealkylation sites (N-methyl/N-ethyl adjacent to an activating group) is 2. The summed E-state index contributed by atoms with van der Waals surface area (Å²) in [7, 11) is 4.62. The number of piperidine rings is 1.